The minimum atomic E-state index is -0.655. The first-order valence-electron chi connectivity index (χ1n) is 10.1. The lowest BCUT2D eigenvalue weighted by atomic mass is 10.0. The van der Waals surface area contributed by atoms with Gasteiger partial charge in [-0.2, -0.15) is 5.26 Å². The van der Waals surface area contributed by atoms with Gasteiger partial charge in [0.1, 0.15) is 17.6 Å². The molecule has 4 N–H and O–H groups in total. The summed E-state index contributed by atoms with van der Waals surface area (Å²) in [6, 6.07) is 18.6. The van der Waals surface area contributed by atoms with Crippen LogP contribution in [0.3, 0.4) is 0 Å². The Morgan fingerprint density at radius 2 is 1.78 bits per heavy atom. The first kappa shape index (κ1) is 22.4. The van der Waals surface area contributed by atoms with Crippen molar-refractivity contribution in [2.24, 2.45) is 16.5 Å². The summed E-state index contributed by atoms with van der Waals surface area (Å²) >= 11 is 0. The van der Waals surface area contributed by atoms with Gasteiger partial charge in [0, 0.05) is 25.0 Å². The number of para-hydroxylation sites is 1. The Bertz CT molecular complexity index is 1120. The minimum Gasteiger partial charge on any atom is -0.457 e. The fourth-order valence-electron chi connectivity index (χ4n) is 3.16. The van der Waals surface area contributed by atoms with Gasteiger partial charge >= 0.3 is 0 Å². The van der Waals surface area contributed by atoms with E-state index in [1.165, 1.54) is 6.21 Å². The number of nitrogens with zero attached hydrogens (tertiary/aromatic N) is 3. The van der Waals surface area contributed by atoms with E-state index in [9.17, 15) is 4.79 Å². The monoisotopic (exact) mass is 427 g/mol. The van der Waals surface area contributed by atoms with Crippen molar-refractivity contribution < 1.29 is 9.53 Å². The predicted molar refractivity (Wildman–Crippen MR) is 126 cm³/mol. The normalized spacial score (nSPS) is 15.0. The zero-order chi connectivity index (χ0) is 23.1. The van der Waals surface area contributed by atoms with Gasteiger partial charge in [0.05, 0.1) is 22.9 Å². The van der Waals surface area contributed by atoms with Crippen LogP contribution in [0.4, 0.5) is 0 Å². The Morgan fingerprint density at radius 1 is 1.16 bits per heavy atom. The first-order valence-corrected chi connectivity index (χ1v) is 10.1. The molecular weight excluding hydrogens is 402 g/mol. The van der Waals surface area contributed by atoms with Crippen molar-refractivity contribution in [3.63, 3.8) is 0 Å². The van der Waals surface area contributed by atoms with Crippen molar-refractivity contribution in [1.82, 2.24) is 4.90 Å². The van der Waals surface area contributed by atoms with Gasteiger partial charge in [0.15, 0.2) is 0 Å². The van der Waals surface area contributed by atoms with Gasteiger partial charge in [-0.25, -0.2) is 0 Å². The van der Waals surface area contributed by atoms with Crippen LogP contribution >= 0.6 is 0 Å². The molecule has 0 radical (unpaired) electrons. The highest BCUT2D eigenvalue weighted by molar-refractivity contribution is 6.17. The molecule has 3 rings (SSSR count). The maximum Gasteiger partial charge on any atom is 0.252 e. The highest BCUT2D eigenvalue weighted by atomic mass is 16.5. The van der Waals surface area contributed by atoms with E-state index in [4.69, 9.17) is 21.5 Å². The number of amides is 1. The highest BCUT2D eigenvalue weighted by Crippen LogP contribution is 2.24. The zero-order valence-electron chi connectivity index (χ0n) is 17.9. The first-order chi connectivity index (χ1) is 15.4. The molecule has 0 spiro atoms. The summed E-state index contributed by atoms with van der Waals surface area (Å²) in [5, 5.41) is 9.11. The zero-order valence-corrected chi connectivity index (χ0v) is 17.9. The average Bonchev–Trinajstić information content (AvgIpc) is 2.76. The molecule has 1 fully saturated rings. The fourth-order valence-corrected chi connectivity index (χ4v) is 3.16. The molecule has 1 heterocycles. The van der Waals surface area contributed by atoms with E-state index in [2.05, 4.69) is 17.6 Å². The number of carbonyl (C=O) groups excluding carboxylic acids is 1. The van der Waals surface area contributed by atoms with Crippen molar-refractivity contribution in [2.75, 3.05) is 13.1 Å². The molecule has 1 saturated heterocycles. The summed E-state index contributed by atoms with van der Waals surface area (Å²) in [7, 11) is 0. The van der Waals surface area contributed by atoms with Gasteiger partial charge in [-0.1, -0.05) is 30.9 Å². The Hall–Kier alpha value is -4.31. The van der Waals surface area contributed by atoms with Crippen LogP contribution in [0.25, 0.3) is 5.70 Å². The molecule has 1 aliphatic heterocycles. The number of aliphatic imine (C=N–C) groups is 1. The molecule has 2 aromatic carbocycles. The van der Waals surface area contributed by atoms with Crippen LogP contribution in [-0.2, 0) is 4.79 Å². The molecule has 1 aliphatic rings. The third kappa shape index (κ3) is 5.24. The molecule has 162 valence electrons. The van der Waals surface area contributed by atoms with E-state index in [0.29, 0.717) is 35.7 Å². The molecule has 0 bridgehead atoms. The fraction of sp³-hybridized carbons (Fsp3) is 0.160. The van der Waals surface area contributed by atoms with Gasteiger partial charge < -0.3 is 21.1 Å². The molecule has 32 heavy (non-hydrogen) atoms. The van der Waals surface area contributed by atoms with Gasteiger partial charge in [0.2, 0.25) is 0 Å². The lowest BCUT2D eigenvalue weighted by Crippen LogP contribution is -2.49. The number of nitriles is 1. The lowest BCUT2D eigenvalue weighted by Gasteiger charge is -2.39. The Morgan fingerprint density at radius 3 is 2.34 bits per heavy atom. The van der Waals surface area contributed by atoms with Gasteiger partial charge in [-0.3, -0.25) is 9.79 Å². The molecular formula is C25H25N5O2. The Balaban J connectivity index is 1.68. The van der Waals surface area contributed by atoms with Crippen molar-refractivity contribution in [3.05, 3.63) is 89.7 Å². The lowest BCUT2D eigenvalue weighted by molar-refractivity contribution is -0.114. The number of primary amides is 1. The summed E-state index contributed by atoms with van der Waals surface area (Å²) in [6.07, 6.45) is 3.15. The van der Waals surface area contributed by atoms with Gasteiger partial charge in [-0.15, -0.1) is 0 Å². The minimum absolute atomic E-state index is 0.0349. The molecule has 7 nitrogen and oxygen atoms in total. The SMILES string of the molecule is C=C(/C(C#N)=C/C)N1CC(N=CC(C(N)=O)=C(N)c2ccc(Oc3ccccc3)cc2)C1. The van der Waals surface area contributed by atoms with E-state index < -0.39 is 5.91 Å². The summed E-state index contributed by atoms with van der Waals surface area (Å²) in [4.78, 5) is 18.4. The number of rotatable bonds is 8. The van der Waals surface area contributed by atoms with Crippen LogP contribution in [0.15, 0.2) is 89.1 Å². The van der Waals surface area contributed by atoms with Crippen LogP contribution in [-0.4, -0.2) is 36.2 Å². The summed E-state index contributed by atoms with van der Waals surface area (Å²) in [5.74, 6) is 0.717. The number of benzene rings is 2. The smallest absolute Gasteiger partial charge is 0.252 e. The van der Waals surface area contributed by atoms with E-state index in [-0.39, 0.29) is 17.3 Å². The third-order valence-electron chi connectivity index (χ3n) is 5.08. The van der Waals surface area contributed by atoms with Crippen LogP contribution < -0.4 is 16.2 Å². The van der Waals surface area contributed by atoms with Crippen LogP contribution in [0.1, 0.15) is 12.5 Å². The average molecular weight is 428 g/mol. The van der Waals surface area contributed by atoms with Crippen LogP contribution in [0.2, 0.25) is 0 Å². The summed E-state index contributed by atoms with van der Waals surface area (Å²) in [5.41, 5.74) is 14.0. The second kappa shape index (κ2) is 10.1. The molecule has 0 unspecified atom stereocenters. The van der Waals surface area contributed by atoms with E-state index in [0.717, 1.165) is 5.75 Å². The molecule has 0 aromatic heterocycles. The number of hydrogen-bond acceptors (Lipinski definition) is 6. The Kier molecular flexibility index (Phi) is 7.09. The van der Waals surface area contributed by atoms with Gasteiger partial charge in [0.25, 0.3) is 5.91 Å². The summed E-state index contributed by atoms with van der Waals surface area (Å²) in [6.45, 7) is 6.95. The molecule has 0 saturated carbocycles. The van der Waals surface area contributed by atoms with Crippen molar-refractivity contribution in [1.29, 1.82) is 5.26 Å². The van der Waals surface area contributed by atoms with Crippen molar-refractivity contribution >= 4 is 17.8 Å². The van der Waals surface area contributed by atoms with Crippen LogP contribution in [0, 0.1) is 11.3 Å². The van der Waals surface area contributed by atoms with Crippen LogP contribution in [0.5, 0.6) is 11.5 Å². The molecule has 7 heteroatoms. The number of carbonyl (C=O) groups is 1. The number of ether oxygens (including phenoxy) is 1. The van der Waals surface area contributed by atoms with E-state index >= 15 is 0 Å². The maximum absolute atomic E-state index is 12.0. The summed E-state index contributed by atoms with van der Waals surface area (Å²) < 4.78 is 5.77. The second-order valence-electron chi connectivity index (χ2n) is 7.23. The maximum atomic E-state index is 12.0. The Labute approximate surface area is 187 Å². The van der Waals surface area contributed by atoms with Crippen molar-refractivity contribution in [3.8, 4) is 17.6 Å². The number of nitrogens with two attached hydrogens (primary N) is 2. The topological polar surface area (TPSA) is 118 Å². The highest BCUT2D eigenvalue weighted by Gasteiger charge is 2.28. The van der Waals surface area contributed by atoms with Crippen molar-refractivity contribution in [2.45, 2.75) is 13.0 Å². The molecule has 0 aliphatic carbocycles. The van der Waals surface area contributed by atoms with E-state index in [1.807, 2.05) is 35.2 Å². The number of likely N-dealkylation sites (tertiary alicyclic amines) is 1. The largest absolute Gasteiger partial charge is 0.457 e. The van der Waals surface area contributed by atoms with E-state index in [1.54, 1.807) is 37.3 Å². The molecule has 1 amide bonds. The molecule has 2 aromatic rings. The van der Waals surface area contributed by atoms with Gasteiger partial charge in [-0.05, 0) is 48.9 Å². The number of allylic oxidation sites excluding steroid dienone is 2. The standard InChI is InChI=1S/C25H25N5O2/c1-3-18(13-26)17(2)30-15-20(16-30)29-14-23(25(28)31)24(27)19-9-11-22(12-10-19)32-21-7-5-4-6-8-21/h3-12,14,20H,2,15-16,27H2,1H3,(H2,28,31)/b18-3+,24-23?,29-14?. The predicted octanol–water partition coefficient (Wildman–Crippen LogP) is 3.37. The number of hydrogen-bond donors (Lipinski definition) is 2. The molecule has 0 atom stereocenters. The quantitative estimate of drug-likeness (QED) is 0.290. The third-order valence-corrected chi connectivity index (χ3v) is 5.08. The second-order valence-corrected chi connectivity index (χ2v) is 7.23.